The van der Waals surface area contributed by atoms with Crippen LogP contribution >= 0.6 is 27.3 Å². The van der Waals surface area contributed by atoms with Crippen molar-refractivity contribution < 1.29 is 9.47 Å². The highest BCUT2D eigenvalue weighted by Crippen LogP contribution is 2.32. The second-order valence-electron chi connectivity index (χ2n) is 5.21. The van der Waals surface area contributed by atoms with Crippen molar-refractivity contribution in [2.24, 2.45) is 0 Å². The molecule has 1 aliphatic heterocycles. The Kier molecular flexibility index (Phi) is 4.38. The molecule has 0 fully saturated rings. The first-order chi connectivity index (χ1) is 11.8. The van der Waals surface area contributed by atoms with Crippen molar-refractivity contribution in [2.45, 2.75) is 6.54 Å². The Balaban J connectivity index is 1.36. The van der Waals surface area contributed by atoms with E-state index >= 15 is 0 Å². The third kappa shape index (κ3) is 3.38. The van der Waals surface area contributed by atoms with Crippen molar-refractivity contribution in [1.82, 2.24) is 10.4 Å². The third-order valence-electron chi connectivity index (χ3n) is 3.57. The van der Waals surface area contributed by atoms with Gasteiger partial charge < -0.3 is 9.47 Å². The third-order valence-corrected chi connectivity index (χ3v) is 4.86. The van der Waals surface area contributed by atoms with Gasteiger partial charge in [-0.05, 0) is 29.8 Å². The molecule has 0 unspecified atom stereocenters. The number of nitrogens with one attached hydrogen (secondary N) is 2. The predicted octanol–water partition coefficient (Wildman–Crippen LogP) is 4.42. The Morgan fingerprint density at radius 3 is 2.79 bits per heavy atom. The molecule has 0 radical (unpaired) electrons. The second kappa shape index (κ2) is 6.80. The Morgan fingerprint density at radius 2 is 1.92 bits per heavy atom. The maximum absolute atomic E-state index is 5.38. The van der Waals surface area contributed by atoms with Gasteiger partial charge in [0.15, 0.2) is 16.6 Å². The Bertz CT molecular complexity index is 851. The first-order valence-electron chi connectivity index (χ1n) is 7.37. The van der Waals surface area contributed by atoms with Crippen molar-refractivity contribution in [2.75, 3.05) is 12.2 Å². The van der Waals surface area contributed by atoms with E-state index in [0.29, 0.717) is 13.3 Å². The van der Waals surface area contributed by atoms with E-state index in [-0.39, 0.29) is 0 Å². The minimum atomic E-state index is 0.294. The van der Waals surface area contributed by atoms with E-state index in [1.165, 1.54) is 0 Å². The van der Waals surface area contributed by atoms with E-state index < -0.39 is 0 Å². The normalized spacial score (nSPS) is 12.4. The van der Waals surface area contributed by atoms with Crippen LogP contribution in [0, 0.1) is 0 Å². The fraction of sp³-hybridized carbons (Fsp3) is 0.118. The Labute approximate surface area is 151 Å². The minimum absolute atomic E-state index is 0.294. The molecule has 5 nitrogen and oxygen atoms in total. The van der Waals surface area contributed by atoms with Crippen LogP contribution in [0.5, 0.6) is 11.5 Å². The molecule has 122 valence electrons. The zero-order valence-electron chi connectivity index (χ0n) is 12.6. The molecule has 2 aromatic carbocycles. The number of nitrogens with zero attached hydrogens (tertiary/aromatic N) is 1. The van der Waals surface area contributed by atoms with E-state index in [1.54, 1.807) is 11.3 Å². The van der Waals surface area contributed by atoms with Gasteiger partial charge in [0, 0.05) is 22.0 Å². The van der Waals surface area contributed by atoms with Gasteiger partial charge in [0.25, 0.3) is 0 Å². The van der Waals surface area contributed by atoms with Gasteiger partial charge in [-0.15, -0.1) is 11.3 Å². The van der Waals surface area contributed by atoms with Crippen LogP contribution in [0.3, 0.4) is 0 Å². The van der Waals surface area contributed by atoms with Crippen molar-refractivity contribution in [3.63, 3.8) is 0 Å². The van der Waals surface area contributed by atoms with Crippen LogP contribution in [0.25, 0.3) is 11.3 Å². The predicted molar refractivity (Wildman–Crippen MR) is 98.3 cm³/mol. The van der Waals surface area contributed by atoms with Crippen molar-refractivity contribution in [3.8, 4) is 22.8 Å². The average molecular weight is 404 g/mol. The summed E-state index contributed by atoms with van der Waals surface area (Å²) < 4.78 is 11.8. The minimum Gasteiger partial charge on any atom is -0.454 e. The molecule has 0 aliphatic carbocycles. The van der Waals surface area contributed by atoms with Crippen molar-refractivity contribution in [1.29, 1.82) is 0 Å². The molecule has 0 bridgehead atoms. The monoisotopic (exact) mass is 403 g/mol. The zero-order valence-corrected chi connectivity index (χ0v) is 15.0. The van der Waals surface area contributed by atoms with Crippen LogP contribution in [-0.4, -0.2) is 11.8 Å². The van der Waals surface area contributed by atoms with Gasteiger partial charge in [-0.2, -0.15) is 0 Å². The highest BCUT2D eigenvalue weighted by atomic mass is 79.9. The number of rotatable bonds is 5. The summed E-state index contributed by atoms with van der Waals surface area (Å²) in [7, 11) is 0. The van der Waals surface area contributed by atoms with Gasteiger partial charge in [0.1, 0.15) is 0 Å². The van der Waals surface area contributed by atoms with E-state index in [4.69, 9.17) is 9.47 Å². The molecule has 2 heterocycles. The fourth-order valence-corrected chi connectivity index (χ4v) is 3.32. The van der Waals surface area contributed by atoms with Crippen LogP contribution in [0.15, 0.2) is 52.3 Å². The van der Waals surface area contributed by atoms with Crippen LogP contribution in [0.2, 0.25) is 0 Å². The number of aromatic nitrogens is 1. The molecule has 2 N–H and O–H groups in total. The largest absolute Gasteiger partial charge is 0.454 e. The molecule has 7 heteroatoms. The molecule has 0 atom stereocenters. The summed E-state index contributed by atoms with van der Waals surface area (Å²) in [5.41, 5.74) is 9.48. The van der Waals surface area contributed by atoms with Crippen molar-refractivity contribution in [3.05, 3.63) is 57.9 Å². The van der Waals surface area contributed by atoms with Gasteiger partial charge in [0.2, 0.25) is 6.79 Å². The van der Waals surface area contributed by atoms with E-state index in [9.17, 15) is 0 Å². The molecule has 3 aromatic rings. The molecular formula is C17H14BrN3O2S. The van der Waals surface area contributed by atoms with Crippen LogP contribution in [0.4, 0.5) is 5.13 Å². The fourth-order valence-electron chi connectivity index (χ4n) is 2.36. The number of hydrogen-bond acceptors (Lipinski definition) is 6. The lowest BCUT2D eigenvalue weighted by atomic mass is 10.2. The van der Waals surface area contributed by atoms with Gasteiger partial charge in [-0.1, -0.05) is 34.1 Å². The molecule has 4 rings (SSSR count). The SMILES string of the molecule is Brc1ccc(-c2csc(NNCc3ccc4c(c3)OCO4)n2)cc1. The summed E-state index contributed by atoms with van der Waals surface area (Å²) in [5, 5.41) is 2.86. The lowest BCUT2D eigenvalue weighted by molar-refractivity contribution is 0.174. The Hall–Kier alpha value is -2.09. The summed E-state index contributed by atoms with van der Waals surface area (Å²) in [6.45, 7) is 0.951. The molecule has 1 aromatic heterocycles. The highest BCUT2D eigenvalue weighted by Gasteiger charge is 2.13. The summed E-state index contributed by atoms with van der Waals surface area (Å²) in [6, 6.07) is 14.0. The molecule has 0 amide bonds. The number of ether oxygens (including phenoxy) is 2. The number of anilines is 1. The van der Waals surface area contributed by atoms with Crippen LogP contribution in [0.1, 0.15) is 5.56 Å². The molecule has 0 saturated heterocycles. The van der Waals surface area contributed by atoms with Crippen LogP contribution < -0.4 is 20.3 Å². The number of hydrogen-bond donors (Lipinski definition) is 2. The number of fused-ring (bicyclic) bond motifs is 1. The number of hydrazine groups is 1. The number of thiazole rings is 1. The smallest absolute Gasteiger partial charge is 0.231 e. The zero-order chi connectivity index (χ0) is 16.4. The van der Waals surface area contributed by atoms with Gasteiger partial charge in [-0.3, -0.25) is 5.43 Å². The van der Waals surface area contributed by atoms with Gasteiger partial charge in [-0.25, -0.2) is 10.4 Å². The molecular weight excluding hydrogens is 390 g/mol. The molecule has 0 saturated carbocycles. The summed E-state index contributed by atoms with van der Waals surface area (Å²) in [5.74, 6) is 1.59. The Morgan fingerprint density at radius 1 is 1.08 bits per heavy atom. The summed E-state index contributed by atoms with van der Waals surface area (Å²) in [6.07, 6.45) is 0. The second-order valence-corrected chi connectivity index (χ2v) is 6.98. The van der Waals surface area contributed by atoms with Gasteiger partial charge >= 0.3 is 0 Å². The quantitative estimate of drug-likeness (QED) is 0.617. The number of benzene rings is 2. The average Bonchev–Trinajstić information content (AvgIpc) is 3.24. The van der Waals surface area contributed by atoms with E-state index in [0.717, 1.165) is 37.9 Å². The maximum atomic E-state index is 5.38. The maximum Gasteiger partial charge on any atom is 0.231 e. The topological polar surface area (TPSA) is 55.4 Å². The molecule has 1 aliphatic rings. The summed E-state index contributed by atoms with van der Waals surface area (Å²) in [4.78, 5) is 4.58. The van der Waals surface area contributed by atoms with Crippen LogP contribution in [-0.2, 0) is 6.54 Å². The highest BCUT2D eigenvalue weighted by molar-refractivity contribution is 9.10. The van der Waals surface area contributed by atoms with Gasteiger partial charge in [0.05, 0.1) is 5.69 Å². The molecule has 24 heavy (non-hydrogen) atoms. The van der Waals surface area contributed by atoms with E-state index in [2.05, 4.69) is 31.8 Å². The van der Waals surface area contributed by atoms with Crippen molar-refractivity contribution >= 4 is 32.4 Å². The van der Waals surface area contributed by atoms with E-state index in [1.807, 2.05) is 47.8 Å². The first-order valence-corrected chi connectivity index (χ1v) is 9.04. The lowest BCUT2D eigenvalue weighted by Crippen LogP contribution is -2.20. The lowest BCUT2D eigenvalue weighted by Gasteiger charge is -2.06. The number of halogens is 1. The standard InChI is InChI=1S/C17H14BrN3O2S/c18-13-4-2-12(3-5-13)14-9-24-17(20-14)21-19-8-11-1-6-15-16(7-11)23-10-22-15/h1-7,9,19H,8,10H2,(H,20,21). The molecule has 0 spiro atoms. The summed E-state index contributed by atoms with van der Waals surface area (Å²) >= 11 is 5.00. The first kappa shape index (κ1) is 15.4.